The molecule has 1 atom stereocenters. The van der Waals surface area contributed by atoms with Crippen LogP contribution in [0.4, 0.5) is 8.78 Å². The Labute approximate surface area is 85.9 Å². The van der Waals surface area contributed by atoms with E-state index in [0.717, 1.165) is 12.1 Å². The quantitative estimate of drug-likeness (QED) is 0.667. The summed E-state index contributed by atoms with van der Waals surface area (Å²) in [6.45, 7) is 0. The van der Waals surface area contributed by atoms with Crippen LogP contribution in [-0.4, -0.2) is 13.1 Å². The Balaban J connectivity index is 2.42. The number of rotatable bonds is 1. The summed E-state index contributed by atoms with van der Waals surface area (Å²) in [6, 6.07) is 2.26. The van der Waals surface area contributed by atoms with Crippen molar-refractivity contribution in [3.63, 3.8) is 0 Å². The predicted octanol–water partition coefficient (Wildman–Crippen LogP) is 2.17. The van der Waals surface area contributed by atoms with E-state index in [-0.39, 0.29) is 5.97 Å². The van der Waals surface area contributed by atoms with Crippen LogP contribution < -0.4 is 0 Å². The SMILES string of the molecule is COC(=O)C1CCc2cc(F)c(F)cc21. The average molecular weight is 212 g/mol. The molecule has 0 fully saturated rings. The summed E-state index contributed by atoms with van der Waals surface area (Å²) in [4.78, 5) is 11.3. The van der Waals surface area contributed by atoms with Gasteiger partial charge in [-0.1, -0.05) is 0 Å². The first-order valence-electron chi connectivity index (χ1n) is 4.69. The molecule has 0 saturated carbocycles. The van der Waals surface area contributed by atoms with Crippen LogP contribution in [-0.2, 0) is 16.0 Å². The van der Waals surface area contributed by atoms with E-state index < -0.39 is 17.6 Å². The number of methoxy groups -OCH3 is 1. The second-order valence-corrected chi connectivity index (χ2v) is 3.58. The first kappa shape index (κ1) is 10.1. The lowest BCUT2D eigenvalue weighted by atomic mass is 10.0. The molecule has 15 heavy (non-hydrogen) atoms. The Morgan fingerprint density at radius 3 is 2.73 bits per heavy atom. The zero-order chi connectivity index (χ0) is 11.0. The van der Waals surface area contributed by atoms with Gasteiger partial charge >= 0.3 is 5.97 Å². The fourth-order valence-electron chi connectivity index (χ4n) is 1.99. The fourth-order valence-corrected chi connectivity index (χ4v) is 1.99. The first-order chi connectivity index (χ1) is 7.13. The first-order valence-corrected chi connectivity index (χ1v) is 4.69. The normalized spacial score (nSPS) is 18.7. The molecule has 0 bridgehead atoms. The summed E-state index contributed by atoms with van der Waals surface area (Å²) in [5.74, 6) is -2.61. The van der Waals surface area contributed by atoms with Gasteiger partial charge in [0.25, 0.3) is 0 Å². The largest absolute Gasteiger partial charge is 0.469 e. The third-order valence-electron chi connectivity index (χ3n) is 2.75. The predicted molar refractivity (Wildman–Crippen MR) is 49.4 cm³/mol. The maximum Gasteiger partial charge on any atom is 0.313 e. The molecule has 1 aromatic rings. The van der Waals surface area contributed by atoms with E-state index in [9.17, 15) is 13.6 Å². The lowest BCUT2D eigenvalue weighted by Gasteiger charge is -2.08. The Bertz CT molecular complexity index is 415. The zero-order valence-corrected chi connectivity index (χ0v) is 8.22. The smallest absolute Gasteiger partial charge is 0.313 e. The van der Waals surface area contributed by atoms with Crippen molar-refractivity contribution in [3.8, 4) is 0 Å². The zero-order valence-electron chi connectivity index (χ0n) is 8.22. The Morgan fingerprint density at radius 2 is 2.07 bits per heavy atom. The van der Waals surface area contributed by atoms with Crippen LogP contribution >= 0.6 is 0 Å². The van der Waals surface area contributed by atoms with Gasteiger partial charge < -0.3 is 4.74 Å². The highest BCUT2D eigenvalue weighted by Gasteiger charge is 2.30. The number of carbonyl (C=O) groups excluding carboxylic acids is 1. The summed E-state index contributed by atoms with van der Waals surface area (Å²) >= 11 is 0. The van der Waals surface area contributed by atoms with Gasteiger partial charge in [0.2, 0.25) is 0 Å². The van der Waals surface area contributed by atoms with E-state index in [1.54, 1.807) is 0 Å². The summed E-state index contributed by atoms with van der Waals surface area (Å²) in [5, 5.41) is 0. The number of esters is 1. The molecular weight excluding hydrogens is 202 g/mol. The molecule has 2 nitrogen and oxygen atoms in total. The number of benzene rings is 1. The van der Waals surface area contributed by atoms with Crippen LogP contribution in [0.3, 0.4) is 0 Å². The third kappa shape index (κ3) is 1.60. The number of hydrogen-bond donors (Lipinski definition) is 0. The van der Waals surface area contributed by atoms with Gasteiger partial charge in [-0.3, -0.25) is 4.79 Å². The van der Waals surface area contributed by atoms with Crippen molar-refractivity contribution in [2.75, 3.05) is 7.11 Å². The van der Waals surface area contributed by atoms with Gasteiger partial charge in [0.05, 0.1) is 13.0 Å². The molecule has 1 aliphatic carbocycles. The molecule has 2 rings (SSSR count). The molecule has 0 saturated heterocycles. The monoisotopic (exact) mass is 212 g/mol. The van der Waals surface area contributed by atoms with Crippen LogP contribution in [0, 0.1) is 11.6 Å². The van der Waals surface area contributed by atoms with Crippen LogP contribution in [0.15, 0.2) is 12.1 Å². The van der Waals surface area contributed by atoms with E-state index in [0.29, 0.717) is 24.0 Å². The van der Waals surface area contributed by atoms with Crippen molar-refractivity contribution in [2.45, 2.75) is 18.8 Å². The van der Waals surface area contributed by atoms with Crippen LogP contribution in [0.1, 0.15) is 23.5 Å². The number of fused-ring (bicyclic) bond motifs is 1. The van der Waals surface area contributed by atoms with E-state index >= 15 is 0 Å². The second kappa shape index (κ2) is 3.61. The van der Waals surface area contributed by atoms with Gasteiger partial charge in [0, 0.05) is 0 Å². The highest BCUT2D eigenvalue weighted by Crippen LogP contribution is 2.35. The van der Waals surface area contributed by atoms with Crippen LogP contribution in [0.25, 0.3) is 0 Å². The average Bonchev–Trinajstić information content (AvgIpc) is 2.61. The summed E-state index contributed by atoms with van der Waals surface area (Å²) in [5.41, 5.74) is 1.25. The van der Waals surface area contributed by atoms with Gasteiger partial charge in [-0.15, -0.1) is 0 Å². The molecule has 0 radical (unpaired) electrons. The van der Waals surface area contributed by atoms with Crippen molar-refractivity contribution in [1.82, 2.24) is 0 Å². The molecule has 1 unspecified atom stereocenters. The number of ether oxygens (including phenoxy) is 1. The van der Waals surface area contributed by atoms with Gasteiger partial charge in [0.15, 0.2) is 11.6 Å². The minimum atomic E-state index is -0.912. The molecule has 0 amide bonds. The Kier molecular flexibility index (Phi) is 2.42. The molecule has 0 heterocycles. The maximum atomic E-state index is 13.0. The van der Waals surface area contributed by atoms with Gasteiger partial charge in [-0.2, -0.15) is 0 Å². The lowest BCUT2D eigenvalue weighted by molar-refractivity contribution is -0.142. The second-order valence-electron chi connectivity index (χ2n) is 3.58. The van der Waals surface area contributed by atoms with E-state index in [4.69, 9.17) is 0 Å². The Morgan fingerprint density at radius 1 is 1.40 bits per heavy atom. The molecule has 4 heteroatoms. The minimum absolute atomic E-state index is 0.389. The van der Waals surface area contributed by atoms with Crippen molar-refractivity contribution < 1.29 is 18.3 Å². The molecule has 0 N–H and O–H groups in total. The highest BCUT2D eigenvalue weighted by atomic mass is 19.2. The number of carbonyl (C=O) groups is 1. The fraction of sp³-hybridized carbons (Fsp3) is 0.364. The van der Waals surface area contributed by atoms with Crippen LogP contribution in [0.5, 0.6) is 0 Å². The van der Waals surface area contributed by atoms with Crippen molar-refractivity contribution in [2.24, 2.45) is 0 Å². The standard InChI is InChI=1S/C11H10F2O2/c1-15-11(14)7-3-2-6-4-9(12)10(13)5-8(6)7/h4-5,7H,2-3H2,1H3. The van der Waals surface area contributed by atoms with Crippen molar-refractivity contribution in [1.29, 1.82) is 0 Å². The number of halogens is 2. The minimum Gasteiger partial charge on any atom is -0.469 e. The van der Waals surface area contributed by atoms with Gasteiger partial charge in [-0.05, 0) is 36.1 Å². The third-order valence-corrected chi connectivity index (χ3v) is 2.75. The highest BCUT2D eigenvalue weighted by molar-refractivity contribution is 5.79. The molecule has 1 aliphatic rings. The topological polar surface area (TPSA) is 26.3 Å². The lowest BCUT2D eigenvalue weighted by Crippen LogP contribution is -2.11. The molecular formula is C11H10F2O2. The Hall–Kier alpha value is -1.45. The van der Waals surface area contributed by atoms with E-state index in [2.05, 4.69) is 4.74 Å². The summed E-state index contributed by atoms with van der Waals surface area (Å²) in [7, 11) is 1.29. The number of hydrogen-bond acceptors (Lipinski definition) is 2. The molecule has 0 aliphatic heterocycles. The molecule has 0 spiro atoms. The molecule has 1 aromatic carbocycles. The van der Waals surface area contributed by atoms with E-state index in [1.807, 2.05) is 0 Å². The summed E-state index contributed by atoms with van der Waals surface area (Å²) in [6.07, 6.45) is 1.15. The maximum absolute atomic E-state index is 13.0. The van der Waals surface area contributed by atoms with Gasteiger partial charge in [0.1, 0.15) is 0 Å². The van der Waals surface area contributed by atoms with Crippen molar-refractivity contribution in [3.05, 3.63) is 34.9 Å². The molecule has 0 aromatic heterocycles. The molecule has 80 valence electrons. The van der Waals surface area contributed by atoms with Crippen LogP contribution in [0.2, 0.25) is 0 Å². The van der Waals surface area contributed by atoms with Gasteiger partial charge in [-0.25, -0.2) is 8.78 Å². The van der Waals surface area contributed by atoms with E-state index in [1.165, 1.54) is 7.11 Å². The summed E-state index contributed by atoms with van der Waals surface area (Å²) < 4.78 is 30.5. The van der Waals surface area contributed by atoms with Crippen molar-refractivity contribution >= 4 is 5.97 Å². The number of aryl methyl sites for hydroxylation is 1.